The summed E-state index contributed by atoms with van der Waals surface area (Å²) in [5.41, 5.74) is 6.56. The molecule has 0 aliphatic rings. The number of nitrogens with zero attached hydrogens (tertiary/aromatic N) is 2. The summed E-state index contributed by atoms with van der Waals surface area (Å²) < 4.78 is 5.55. The zero-order valence-electron chi connectivity index (χ0n) is 12.9. The third-order valence-corrected chi connectivity index (χ3v) is 3.70. The maximum atomic E-state index is 11.9. The zero-order chi connectivity index (χ0) is 17.3. The van der Waals surface area contributed by atoms with Gasteiger partial charge in [0.25, 0.3) is 0 Å². The average Bonchev–Trinajstić information content (AvgIpc) is 2.55. The highest BCUT2D eigenvalue weighted by atomic mass is 16.4. The third kappa shape index (κ3) is 2.83. The van der Waals surface area contributed by atoms with Gasteiger partial charge in [0.2, 0.25) is 17.1 Å². The van der Waals surface area contributed by atoms with Crippen LogP contribution in [-0.2, 0) is 4.79 Å². The fourth-order valence-corrected chi connectivity index (χ4v) is 2.70. The van der Waals surface area contributed by atoms with Crippen LogP contribution in [0.1, 0.15) is 29.4 Å². The summed E-state index contributed by atoms with van der Waals surface area (Å²) in [4.78, 5) is 32.0. The second-order valence-electron chi connectivity index (χ2n) is 5.43. The standard InChI is InChI=1S/C17H15N3O4/c1-9-7-13(21)16(23)17(24-9)11(8-14(18)22)10-3-2-4-12-15(10)20-6-5-19-12/h2-7,11,23H,8H2,1H3,(H2,18,22)/t11-/m1/s1. The molecule has 0 bridgehead atoms. The molecule has 0 saturated heterocycles. The van der Waals surface area contributed by atoms with Gasteiger partial charge in [0, 0.05) is 24.9 Å². The van der Waals surface area contributed by atoms with Crippen molar-refractivity contribution >= 4 is 16.9 Å². The molecular formula is C17H15N3O4. The summed E-state index contributed by atoms with van der Waals surface area (Å²) in [6, 6.07) is 6.46. The molecule has 0 aliphatic heterocycles. The first-order chi connectivity index (χ1) is 11.5. The molecule has 3 N–H and O–H groups in total. The topological polar surface area (TPSA) is 119 Å². The van der Waals surface area contributed by atoms with Crippen LogP contribution in [0.15, 0.2) is 45.9 Å². The van der Waals surface area contributed by atoms with Gasteiger partial charge in [0.15, 0.2) is 5.76 Å². The van der Waals surface area contributed by atoms with Gasteiger partial charge in [-0.3, -0.25) is 19.6 Å². The molecule has 24 heavy (non-hydrogen) atoms. The molecule has 7 heteroatoms. The molecule has 0 spiro atoms. The first-order valence-electron chi connectivity index (χ1n) is 7.29. The number of para-hydroxylation sites is 1. The van der Waals surface area contributed by atoms with Crippen LogP contribution in [-0.4, -0.2) is 21.0 Å². The minimum atomic E-state index is -0.740. The monoisotopic (exact) mass is 325 g/mol. The van der Waals surface area contributed by atoms with Crippen LogP contribution in [0.25, 0.3) is 11.0 Å². The van der Waals surface area contributed by atoms with Crippen molar-refractivity contribution in [2.75, 3.05) is 0 Å². The number of hydrogen-bond acceptors (Lipinski definition) is 6. The molecule has 0 fully saturated rings. The van der Waals surface area contributed by atoms with Gasteiger partial charge in [-0.05, 0) is 18.6 Å². The van der Waals surface area contributed by atoms with E-state index in [0.717, 1.165) is 0 Å². The fraction of sp³-hybridized carbons (Fsp3) is 0.176. The normalized spacial score (nSPS) is 12.2. The van der Waals surface area contributed by atoms with E-state index < -0.39 is 23.0 Å². The van der Waals surface area contributed by atoms with Gasteiger partial charge < -0.3 is 15.3 Å². The zero-order valence-corrected chi connectivity index (χ0v) is 12.9. The SMILES string of the molecule is Cc1cc(=O)c(O)c([C@H](CC(N)=O)c2cccc3nccnc23)o1. The van der Waals surface area contributed by atoms with Crippen molar-refractivity contribution in [3.63, 3.8) is 0 Å². The van der Waals surface area contributed by atoms with Crippen LogP contribution in [0, 0.1) is 6.92 Å². The van der Waals surface area contributed by atoms with Gasteiger partial charge >= 0.3 is 0 Å². The summed E-state index contributed by atoms with van der Waals surface area (Å²) in [5.74, 6) is -1.54. The molecule has 0 unspecified atom stereocenters. The predicted molar refractivity (Wildman–Crippen MR) is 86.6 cm³/mol. The van der Waals surface area contributed by atoms with Crippen LogP contribution in [0.4, 0.5) is 0 Å². The molecule has 0 radical (unpaired) electrons. The summed E-state index contributed by atoms with van der Waals surface area (Å²) in [7, 11) is 0. The number of carbonyl (C=O) groups excluding carboxylic acids is 1. The first-order valence-corrected chi connectivity index (χ1v) is 7.29. The van der Waals surface area contributed by atoms with Crippen LogP contribution in [0.5, 0.6) is 5.75 Å². The molecule has 122 valence electrons. The van der Waals surface area contributed by atoms with Gasteiger partial charge in [-0.15, -0.1) is 0 Å². The summed E-state index contributed by atoms with van der Waals surface area (Å²) in [5, 5.41) is 10.1. The minimum Gasteiger partial charge on any atom is -0.502 e. The smallest absolute Gasteiger partial charge is 0.227 e. The Morgan fingerprint density at radius 2 is 2.08 bits per heavy atom. The van der Waals surface area contributed by atoms with E-state index in [2.05, 4.69) is 9.97 Å². The maximum Gasteiger partial charge on any atom is 0.227 e. The molecule has 0 aliphatic carbocycles. The number of carbonyl (C=O) groups is 1. The van der Waals surface area contributed by atoms with Gasteiger partial charge in [0.1, 0.15) is 5.76 Å². The van der Waals surface area contributed by atoms with E-state index in [1.165, 1.54) is 12.3 Å². The highest BCUT2D eigenvalue weighted by Crippen LogP contribution is 2.35. The second kappa shape index (κ2) is 6.11. The number of aryl methyl sites for hydroxylation is 1. The Morgan fingerprint density at radius 1 is 1.33 bits per heavy atom. The Kier molecular flexibility index (Phi) is 3.99. The third-order valence-electron chi connectivity index (χ3n) is 3.70. The van der Waals surface area contributed by atoms with E-state index in [4.69, 9.17) is 10.2 Å². The minimum absolute atomic E-state index is 0.00282. The number of amides is 1. The van der Waals surface area contributed by atoms with E-state index in [9.17, 15) is 14.7 Å². The molecular weight excluding hydrogens is 310 g/mol. The van der Waals surface area contributed by atoms with Crippen molar-refractivity contribution in [3.8, 4) is 5.75 Å². The molecule has 0 saturated carbocycles. The molecule has 1 atom stereocenters. The first kappa shape index (κ1) is 15.7. The van der Waals surface area contributed by atoms with Crippen molar-refractivity contribution in [1.29, 1.82) is 0 Å². The van der Waals surface area contributed by atoms with Crippen molar-refractivity contribution in [2.24, 2.45) is 5.73 Å². The van der Waals surface area contributed by atoms with Crippen LogP contribution in [0.3, 0.4) is 0 Å². The largest absolute Gasteiger partial charge is 0.502 e. The number of rotatable bonds is 4. The highest BCUT2D eigenvalue weighted by Gasteiger charge is 2.26. The maximum absolute atomic E-state index is 11.9. The molecule has 3 aromatic rings. The number of hydrogen-bond donors (Lipinski definition) is 2. The molecule has 2 heterocycles. The lowest BCUT2D eigenvalue weighted by molar-refractivity contribution is -0.118. The fourth-order valence-electron chi connectivity index (χ4n) is 2.70. The molecule has 3 rings (SSSR count). The molecule has 1 amide bonds. The molecule has 1 aromatic carbocycles. The number of primary amides is 1. The number of fused-ring (bicyclic) bond motifs is 1. The highest BCUT2D eigenvalue weighted by molar-refractivity contribution is 5.81. The summed E-state index contributed by atoms with van der Waals surface area (Å²) in [6.45, 7) is 1.59. The van der Waals surface area contributed by atoms with Crippen molar-refractivity contribution in [1.82, 2.24) is 9.97 Å². The lowest BCUT2D eigenvalue weighted by atomic mass is 9.90. The van der Waals surface area contributed by atoms with Gasteiger partial charge in [-0.1, -0.05) is 12.1 Å². The van der Waals surface area contributed by atoms with E-state index in [-0.39, 0.29) is 12.2 Å². The molecule has 2 aromatic heterocycles. The lowest BCUT2D eigenvalue weighted by Gasteiger charge is -2.17. The van der Waals surface area contributed by atoms with Crippen molar-refractivity contribution in [2.45, 2.75) is 19.3 Å². The Morgan fingerprint density at radius 3 is 2.83 bits per heavy atom. The summed E-state index contributed by atoms with van der Waals surface area (Å²) >= 11 is 0. The average molecular weight is 325 g/mol. The van der Waals surface area contributed by atoms with Crippen molar-refractivity contribution < 1.29 is 14.3 Å². The number of nitrogens with two attached hydrogens (primary N) is 1. The van der Waals surface area contributed by atoms with Gasteiger partial charge in [0.05, 0.1) is 17.0 Å². The molecule has 7 nitrogen and oxygen atoms in total. The van der Waals surface area contributed by atoms with Crippen LogP contribution < -0.4 is 11.2 Å². The van der Waals surface area contributed by atoms with Crippen molar-refractivity contribution in [3.05, 3.63) is 64.0 Å². The Hall–Kier alpha value is -3.22. The van der Waals surface area contributed by atoms with Crippen LogP contribution in [0.2, 0.25) is 0 Å². The van der Waals surface area contributed by atoms with E-state index in [1.807, 2.05) is 0 Å². The predicted octanol–water partition coefficient (Wildman–Crippen LogP) is 1.60. The Labute approximate surface area is 136 Å². The van der Waals surface area contributed by atoms with Crippen LogP contribution >= 0.6 is 0 Å². The van der Waals surface area contributed by atoms with Gasteiger partial charge in [-0.2, -0.15) is 0 Å². The number of benzene rings is 1. The van der Waals surface area contributed by atoms with E-state index in [1.54, 1.807) is 31.3 Å². The van der Waals surface area contributed by atoms with E-state index >= 15 is 0 Å². The van der Waals surface area contributed by atoms with Gasteiger partial charge in [-0.25, -0.2) is 0 Å². The lowest BCUT2D eigenvalue weighted by Crippen LogP contribution is -2.18. The Balaban J connectivity index is 2.28. The summed E-state index contributed by atoms with van der Waals surface area (Å²) in [6.07, 6.45) is 2.94. The quantitative estimate of drug-likeness (QED) is 0.752. The Bertz CT molecular complexity index is 976. The number of aromatic hydroxyl groups is 1. The second-order valence-corrected chi connectivity index (χ2v) is 5.43. The number of aromatic nitrogens is 2. The van der Waals surface area contributed by atoms with E-state index in [0.29, 0.717) is 22.4 Å².